The maximum atomic E-state index is 9.05. The Morgan fingerprint density at radius 1 is 0.724 bits per heavy atom. The van der Waals surface area contributed by atoms with Crippen LogP contribution in [0.4, 0.5) is 0 Å². The molecule has 7 heteroatoms. The molecule has 0 aliphatic heterocycles. The Hall–Kier alpha value is -5.06. The van der Waals surface area contributed by atoms with Crippen molar-refractivity contribution >= 4 is 32.8 Å². The van der Waals surface area contributed by atoms with E-state index in [-0.39, 0.29) is 37.9 Å². The van der Waals surface area contributed by atoms with Gasteiger partial charge in [-0.1, -0.05) is 127 Å². The molecule has 4 heterocycles. The summed E-state index contributed by atoms with van der Waals surface area (Å²) in [5.41, 5.74) is 5.30. The third-order valence-corrected chi connectivity index (χ3v) is 9.63. The minimum atomic E-state index is -2.06. The number of benzene rings is 4. The van der Waals surface area contributed by atoms with Gasteiger partial charge in [-0.05, 0) is 95.4 Å². The van der Waals surface area contributed by atoms with Crippen molar-refractivity contribution < 1.29 is 40.0 Å². The molecule has 0 amide bonds. The van der Waals surface area contributed by atoms with Crippen molar-refractivity contribution in [2.45, 2.75) is 86.8 Å². The molecule has 0 aliphatic carbocycles. The maximum Gasteiger partial charge on any atom is 0.269 e. The van der Waals surface area contributed by atoms with Crippen molar-refractivity contribution in [3.63, 3.8) is 0 Å². The van der Waals surface area contributed by atoms with Gasteiger partial charge in [0.15, 0.2) is 0 Å². The molecular weight excluding hydrogens is 894 g/mol. The fraction of sp³-hybridized carbons (Fsp3) is 0.314. The van der Waals surface area contributed by atoms with Crippen molar-refractivity contribution in [2.75, 3.05) is 0 Å². The molecule has 8 rings (SSSR count). The van der Waals surface area contributed by atoms with E-state index in [1.165, 1.54) is 13.8 Å². The van der Waals surface area contributed by atoms with Crippen LogP contribution in [-0.4, -0.2) is 19.1 Å². The van der Waals surface area contributed by atoms with Crippen LogP contribution in [0.2, 0.25) is 0 Å². The summed E-state index contributed by atoms with van der Waals surface area (Å²) in [5.74, 6) is -0.501. The summed E-state index contributed by atoms with van der Waals surface area (Å²) in [6.07, 6.45) is 1.17. The predicted molar refractivity (Wildman–Crippen MR) is 232 cm³/mol. The van der Waals surface area contributed by atoms with Crippen molar-refractivity contribution in [2.24, 2.45) is 17.7 Å². The average molecular weight is 954 g/mol. The number of para-hydroxylation sites is 1. The topological polar surface area (TPSA) is 48.8 Å². The van der Waals surface area contributed by atoms with Crippen LogP contribution in [0, 0.1) is 36.2 Å². The molecule has 6 nitrogen and oxygen atoms in total. The van der Waals surface area contributed by atoms with Crippen molar-refractivity contribution in [1.82, 2.24) is 19.1 Å². The quantitative estimate of drug-likeness (QED) is 0.0959. The van der Waals surface area contributed by atoms with E-state index < -0.39 is 36.8 Å². The van der Waals surface area contributed by atoms with E-state index in [1.54, 1.807) is 85.5 Å². The van der Waals surface area contributed by atoms with Crippen LogP contribution >= 0.6 is 0 Å². The molecule has 0 N–H and O–H groups in total. The summed E-state index contributed by atoms with van der Waals surface area (Å²) in [6.45, 7) is 16.8. The minimum absolute atomic E-state index is 0. The van der Waals surface area contributed by atoms with Gasteiger partial charge in [-0.3, -0.25) is 14.1 Å². The van der Waals surface area contributed by atoms with Gasteiger partial charge >= 0.3 is 0 Å². The van der Waals surface area contributed by atoms with Gasteiger partial charge in [0.1, 0.15) is 5.82 Å². The Balaban J connectivity index is 0.00000630. The Kier molecular flexibility index (Phi) is 9.43. The maximum absolute atomic E-state index is 9.05. The van der Waals surface area contributed by atoms with Crippen LogP contribution in [0.3, 0.4) is 0 Å². The molecule has 0 saturated carbocycles. The van der Waals surface area contributed by atoms with E-state index in [4.69, 9.17) is 19.3 Å². The third kappa shape index (κ3) is 8.54. The number of nitrogens with zero attached hydrogens (tertiary/aromatic N) is 5. The summed E-state index contributed by atoms with van der Waals surface area (Å²) in [6, 6.07) is 34.8. The fourth-order valence-electron chi connectivity index (χ4n) is 7.23. The second kappa shape index (κ2) is 16.7. The molecule has 0 saturated heterocycles. The largest absolute Gasteiger partial charge is 0.522 e. The van der Waals surface area contributed by atoms with Crippen LogP contribution in [-0.2, 0) is 45.6 Å². The number of ether oxygens (including phenoxy) is 1. The predicted octanol–water partition coefficient (Wildman–Crippen LogP) is 11.9. The van der Waals surface area contributed by atoms with E-state index in [2.05, 4.69) is 67.0 Å². The first-order chi connectivity index (χ1) is 29.9. The second-order valence-electron chi connectivity index (χ2n) is 16.4. The van der Waals surface area contributed by atoms with Crippen LogP contribution in [0.15, 0.2) is 103 Å². The normalized spacial score (nSPS) is 14.8. The molecular formula is C51H53N5OPt-2. The van der Waals surface area contributed by atoms with Gasteiger partial charge in [-0.15, -0.1) is 17.5 Å². The summed E-state index contributed by atoms with van der Waals surface area (Å²) < 4.78 is 74.8. The molecule has 0 spiro atoms. The standard InChI is InChI=1S/C51H53N5O.Pt/c1-33(2)22-36-14-17-46-48(28-36)55(32-54(46)40-26-37(23-34(3)4)25-38(27-40)24-35(5)6)49-31-42(19-21-52-49)57-41-15-16-44-43-12-10-11-13-45(43)56(47(44)30-41)50-29-39(18-20-53-50)51(7,8)9;/h10-21,25-29,33-35H,22-24H2,1-9H3;/q-2;/i22D2,23D2,24D2,33D;. The van der Waals surface area contributed by atoms with Crippen molar-refractivity contribution in [3.8, 4) is 28.8 Å². The van der Waals surface area contributed by atoms with Crippen molar-refractivity contribution in [1.29, 1.82) is 0 Å². The zero-order valence-corrected chi connectivity index (χ0v) is 36.7. The monoisotopic (exact) mass is 953 g/mol. The van der Waals surface area contributed by atoms with Gasteiger partial charge in [0.05, 0.1) is 22.5 Å². The van der Waals surface area contributed by atoms with Gasteiger partial charge in [0, 0.05) is 48.1 Å². The number of hydrogen-bond acceptors (Lipinski definition) is 3. The number of aromatic nitrogens is 5. The number of hydrogen-bond donors (Lipinski definition) is 0. The Morgan fingerprint density at radius 2 is 1.43 bits per heavy atom. The summed E-state index contributed by atoms with van der Waals surface area (Å²) >= 11 is 0. The van der Waals surface area contributed by atoms with Crippen LogP contribution in [0.5, 0.6) is 11.5 Å². The van der Waals surface area contributed by atoms with E-state index >= 15 is 0 Å². The van der Waals surface area contributed by atoms with Gasteiger partial charge in [-0.25, -0.2) is 4.98 Å². The summed E-state index contributed by atoms with van der Waals surface area (Å²) in [4.78, 5) is 9.47. The Bertz CT molecular complexity index is 3030. The van der Waals surface area contributed by atoms with Crippen LogP contribution in [0.25, 0.3) is 50.2 Å². The molecule has 0 unspecified atom stereocenters. The molecule has 0 atom stereocenters. The number of fused-ring (bicyclic) bond motifs is 4. The van der Waals surface area contributed by atoms with Crippen LogP contribution in [0.1, 0.15) is 94.2 Å². The first kappa shape index (κ1) is 32.8. The van der Waals surface area contributed by atoms with E-state index in [1.807, 2.05) is 36.5 Å². The average Bonchev–Trinajstić information content (AvgIpc) is 3.78. The third-order valence-electron chi connectivity index (χ3n) is 9.63. The molecule has 0 radical (unpaired) electrons. The molecule has 0 bridgehead atoms. The van der Waals surface area contributed by atoms with Gasteiger partial charge in [0.2, 0.25) is 0 Å². The Labute approximate surface area is 368 Å². The molecule has 0 aliphatic rings. The van der Waals surface area contributed by atoms with Gasteiger partial charge < -0.3 is 9.30 Å². The first-order valence-corrected chi connectivity index (χ1v) is 19.6. The molecule has 0 fully saturated rings. The molecule has 58 heavy (non-hydrogen) atoms. The summed E-state index contributed by atoms with van der Waals surface area (Å²) in [5, 5.41) is 2.05. The molecule has 8 aromatic rings. The summed E-state index contributed by atoms with van der Waals surface area (Å²) in [7, 11) is 0. The van der Waals surface area contributed by atoms with E-state index in [0.717, 1.165) is 33.2 Å². The van der Waals surface area contributed by atoms with E-state index in [0.29, 0.717) is 39.3 Å². The molecule has 300 valence electrons. The molecule has 4 aromatic carbocycles. The SMILES string of the molecule is [2H]C([2H])(c1cc(-[n+]2[c-]n(-c3[c-]c(Oc4[c-]c5c(cc4)c4ccccc4n5-c4cc(C(C)(C)C)ccn4)ccn3)c3cc(C([2H])([2H])C([2H])(C)C)ccc32)cc(C([2H])([2H])C(C)C)c1)C(C)C.[Pt]. The second-order valence-corrected chi connectivity index (χ2v) is 16.4. The van der Waals surface area contributed by atoms with E-state index in [9.17, 15) is 0 Å². The fourth-order valence-corrected chi connectivity index (χ4v) is 7.23. The Morgan fingerprint density at radius 3 is 2.14 bits per heavy atom. The number of imidazole rings is 1. The molecule has 4 aromatic heterocycles. The zero-order valence-electron chi connectivity index (χ0n) is 41.4. The number of pyridine rings is 2. The number of rotatable bonds is 11. The van der Waals surface area contributed by atoms with Gasteiger partial charge in [-0.2, -0.15) is 18.2 Å². The van der Waals surface area contributed by atoms with Gasteiger partial charge in [0.25, 0.3) is 6.33 Å². The minimum Gasteiger partial charge on any atom is -0.522 e. The zero-order chi connectivity index (χ0) is 46.3. The smallest absolute Gasteiger partial charge is 0.269 e. The van der Waals surface area contributed by atoms with Crippen LogP contribution < -0.4 is 9.30 Å². The van der Waals surface area contributed by atoms with Crippen molar-refractivity contribution in [3.05, 3.63) is 144 Å². The first-order valence-electron chi connectivity index (χ1n) is 23.1.